The van der Waals surface area contributed by atoms with Crippen LogP contribution in [0.2, 0.25) is 0 Å². The molecule has 0 aromatic heterocycles. The maximum Gasteiger partial charge on any atom is 0.0615 e. The first kappa shape index (κ1) is 9.96. The van der Waals surface area contributed by atoms with Gasteiger partial charge in [0.1, 0.15) is 0 Å². The number of ether oxygens (including phenoxy) is 1. The number of rotatable bonds is 3. The summed E-state index contributed by atoms with van der Waals surface area (Å²) in [5.74, 6) is 0. The molecular weight excluding hydrogens is 154 g/mol. The average Bonchev–Trinajstić information content (AvgIpc) is 2.05. The fourth-order valence-corrected chi connectivity index (χ4v) is 1.90. The number of aliphatic hydroxyl groups excluding tert-OH is 1. The third kappa shape index (κ3) is 2.19. The molecule has 1 saturated heterocycles. The van der Waals surface area contributed by atoms with Gasteiger partial charge >= 0.3 is 0 Å². The molecule has 0 aliphatic carbocycles. The van der Waals surface area contributed by atoms with Crippen molar-refractivity contribution < 1.29 is 9.84 Å². The minimum Gasteiger partial charge on any atom is -0.394 e. The van der Waals surface area contributed by atoms with E-state index in [0.29, 0.717) is 0 Å². The summed E-state index contributed by atoms with van der Waals surface area (Å²) in [6, 6.07) is 0. The zero-order valence-electron chi connectivity index (χ0n) is 7.97. The topological polar surface area (TPSA) is 41.5 Å². The molecule has 3 nitrogen and oxygen atoms in total. The summed E-state index contributed by atoms with van der Waals surface area (Å²) < 4.78 is 5.43. The lowest BCUT2D eigenvalue weighted by Gasteiger charge is -2.39. The Morgan fingerprint density at radius 3 is 2.92 bits per heavy atom. The highest BCUT2D eigenvalue weighted by Gasteiger charge is 2.33. The van der Waals surface area contributed by atoms with E-state index in [1.807, 2.05) is 0 Å². The number of aliphatic hydroxyl groups is 1. The Kier molecular flexibility index (Phi) is 3.50. The number of hydrogen-bond donors (Lipinski definition) is 2. The van der Waals surface area contributed by atoms with Gasteiger partial charge in [0.15, 0.2) is 0 Å². The standard InChI is InChI=1S/C9H19NO2/c1-3-10-9(7-11)4-5-12-8(2)6-9/h8,10-11H,3-7H2,1-2H3. The first-order chi connectivity index (χ1) is 5.72. The molecule has 12 heavy (non-hydrogen) atoms. The summed E-state index contributed by atoms with van der Waals surface area (Å²) in [7, 11) is 0. The minimum atomic E-state index is -0.0770. The van der Waals surface area contributed by atoms with E-state index < -0.39 is 0 Å². The van der Waals surface area contributed by atoms with Crippen molar-refractivity contribution in [1.82, 2.24) is 5.32 Å². The molecule has 0 amide bonds. The summed E-state index contributed by atoms with van der Waals surface area (Å²) in [5.41, 5.74) is -0.0770. The van der Waals surface area contributed by atoms with Gasteiger partial charge in [-0.25, -0.2) is 0 Å². The highest BCUT2D eigenvalue weighted by Crippen LogP contribution is 2.23. The van der Waals surface area contributed by atoms with Crippen molar-refractivity contribution in [3.63, 3.8) is 0 Å². The molecule has 2 unspecified atom stereocenters. The molecule has 0 aromatic carbocycles. The predicted octanol–water partition coefficient (Wildman–Crippen LogP) is 0.526. The summed E-state index contributed by atoms with van der Waals surface area (Å²) in [6.45, 7) is 6.01. The average molecular weight is 173 g/mol. The Morgan fingerprint density at radius 1 is 1.67 bits per heavy atom. The Morgan fingerprint density at radius 2 is 2.42 bits per heavy atom. The molecule has 0 saturated carbocycles. The molecule has 0 bridgehead atoms. The summed E-state index contributed by atoms with van der Waals surface area (Å²) in [6.07, 6.45) is 2.10. The van der Waals surface area contributed by atoms with Crippen molar-refractivity contribution in [2.45, 2.75) is 38.3 Å². The second-order valence-corrected chi connectivity index (χ2v) is 3.60. The SMILES string of the molecule is CCNC1(CO)CCOC(C)C1. The van der Waals surface area contributed by atoms with Gasteiger partial charge in [-0.05, 0) is 26.3 Å². The van der Waals surface area contributed by atoms with Crippen molar-refractivity contribution in [3.05, 3.63) is 0 Å². The highest BCUT2D eigenvalue weighted by atomic mass is 16.5. The van der Waals surface area contributed by atoms with Gasteiger partial charge in [-0.15, -0.1) is 0 Å². The van der Waals surface area contributed by atoms with Crippen LogP contribution in [0.3, 0.4) is 0 Å². The summed E-state index contributed by atoms with van der Waals surface area (Å²) in [5, 5.41) is 12.6. The molecule has 1 heterocycles. The lowest BCUT2D eigenvalue weighted by Crippen LogP contribution is -2.53. The van der Waals surface area contributed by atoms with Crippen molar-refractivity contribution in [2.75, 3.05) is 19.8 Å². The van der Waals surface area contributed by atoms with E-state index in [1.54, 1.807) is 0 Å². The van der Waals surface area contributed by atoms with E-state index in [2.05, 4.69) is 19.2 Å². The maximum absolute atomic E-state index is 9.27. The zero-order valence-corrected chi connectivity index (χ0v) is 7.97. The number of nitrogens with one attached hydrogen (secondary N) is 1. The molecule has 0 radical (unpaired) electrons. The van der Waals surface area contributed by atoms with Gasteiger partial charge in [-0.3, -0.25) is 0 Å². The monoisotopic (exact) mass is 173 g/mol. The van der Waals surface area contributed by atoms with Crippen LogP contribution in [-0.2, 0) is 4.74 Å². The van der Waals surface area contributed by atoms with Gasteiger partial charge in [0.25, 0.3) is 0 Å². The molecule has 3 heteroatoms. The molecule has 1 aliphatic heterocycles. The van der Waals surface area contributed by atoms with Gasteiger partial charge in [0.05, 0.1) is 12.7 Å². The molecule has 0 spiro atoms. The maximum atomic E-state index is 9.27. The van der Waals surface area contributed by atoms with Gasteiger partial charge in [-0.2, -0.15) is 0 Å². The Labute approximate surface area is 74.1 Å². The molecule has 1 fully saturated rings. The molecule has 2 atom stereocenters. The van der Waals surface area contributed by atoms with Crippen LogP contribution in [0.15, 0.2) is 0 Å². The lowest BCUT2D eigenvalue weighted by atomic mass is 9.88. The number of likely N-dealkylation sites (N-methyl/N-ethyl adjacent to an activating group) is 1. The quantitative estimate of drug-likeness (QED) is 0.654. The van der Waals surface area contributed by atoms with E-state index in [4.69, 9.17) is 4.74 Å². The molecular formula is C9H19NO2. The Bertz CT molecular complexity index is 136. The second-order valence-electron chi connectivity index (χ2n) is 3.60. The Balaban J connectivity index is 2.51. The highest BCUT2D eigenvalue weighted by molar-refractivity contribution is 4.91. The van der Waals surface area contributed by atoms with Gasteiger partial charge in [-0.1, -0.05) is 6.92 Å². The zero-order chi connectivity index (χ0) is 9.03. The summed E-state index contributed by atoms with van der Waals surface area (Å²) in [4.78, 5) is 0. The minimum absolute atomic E-state index is 0.0770. The van der Waals surface area contributed by atoms with Crippen LogP contribution in [-0.4, -0.2) is 36.5 Å². The first-order valence-corrected chi connectivity index (χ1v) is 4.70. The van der Waals surface area contributed by atoms with Crippen molar-refractivity contribution in [2.24, 2.45) is 0 Å². The van der Waals surface area contributed by atoms with E-state index in [-0.39, 0.29) is 18.2 Å². The third-order valence-electron chi connectivity index (χ3n) is 2.52. The van der Waals surface area contributed by atoms with Crippen LogP contribution < -0.4 is 5.32 Å². The van der Waals surface area contributed by atoms with Crippen LogP contribution >= 0.6 is 0 Å². The van der Waals surface area contributed by atoms with Gasteiger partial charge in [0.2, 0.25) is 0 Å². The first-order valence-electron chi connectivity index (χ1n) is 4.70. The van der Waals surface area contributed by atoms with Crippen LogP contribution in [0.4, 0.5) is 0 Å². The van der Waals surface area contributed by atoms with Gasteiger partial charge < -0.3 is 15.2 Å². The largest absolute Gasteiger partial charge is 0.394 e. The van der Waals surface area contributed by atoms with E-state index in [1.165, 1.54) is 0 Å². The smallest absolute Gasteiger partial charge is 0.0615 e. The van der Waals surface area contributed by atoms with E-state index in [9.17, 15) is 5.11 Å². The predicted molar refractivity (Wildman–Crippen MR) is 48.1 cm³/mol. The third-order valence-corrected chi connectivity index (χ3v) is 2.52. The van der Waals surface area contributed by atoms with Crippen molar-refractivity contribution >= 4 is 0 Å². The molecule has 2 N–H and O–H groups in total. The molecule has 1 rings (SSSR count). The molecule has 1 aliphatic rings. The van der Waals surface area contributed by atoms with E-state index in [0.717, 1.165) is 26.0 Å². The van der Waals surface area contributed by atoms with Crippen molar-refractivity contribution in [1.29, 1.82) is 0 Å². The summed E-state index contributed by atoms with van der Waals surface area (Å²) >= 11 is 0. The van der Waals surface area contributed by atoms with Crippen LogP contribution in [0.5, 0.6) is 0 Å². The van der Waals surface area contributed by atoms with Gasteiger partial charge in [0, 0.05) is 12.1 Å². The normalized spacial score (nSPS) is 36.8. The van der Waals surface area contributed by atoms with Crippen LogP contribution in [0.25, 0.3) is 0 Å². The van der Waals surface area contributed by atoms with Crippen molar-refractivity contribution in [3.8, 4) is 0 Å². The Hall–Kier alpha value is -0.120. The van der Waals surface area contributed by atoms with E-state index >= 15 is 0 Å². The lowest BCUT2D eigenvalue weighted by molar-refractivity contribution is -0.0352. The fraction of sp³-hybridized carbons (Fsp3) is 1.00. The second kappa shape index (κ2) is 4.21. The molecule has 72 valence electrons. The number of hydrogen-bond acceptors (Lipinski definition) is 3. The van der Waals surface area contributed by atoms with Crippen LogP contribution in [0.1, 0.15) is 26.7 Å². The fourth-order valence-electron chi connectivity index (χ4n) is 1.90. The molecule has 0 aromatic rings. The van der Waals surface area contributed by atoms with Crippen LogP contribution in [0, 0.1) is 0 Å².